The number of nitrogens with zero attached hydrogens (tertiary/aromatic N) is 1. The first kappa shape index (κ1) is 13.8. The highest BCUT2D eigenvalue weighted by atomic mass is 14.9. The molecular formula is C17H22N2. The van der Waals surface area contributed by atoms with E-state index in [0.717, 1.165) is 25.1 Å². The van der Waals surface area contributed by atoms with E-state index < -0.39 is 0 Å². The first-order chi connectivity index (χ1) is 9.33. The number of nitrogens with one attached hydrogen (secondary N) is 1. The average molecular weight is 254 g/mol. The normalized spacial score (nSPS) is 12.3. The van der Waals surface area contributed by atoms with Gasteiger partial charge in [0.2, 0.25) is 0 Å². The van der Waals surface area contributed by atoms with Crippen molar-refractivity contribution in [2.45, 2.75) is 32.7 Å². The Kier molecular flexibility index (Phi) is 5.10. The van der Waals surface area contributed by atoms with Crippen LogP contribution in [0.2, 0.25) is 0 Å². The Bertz CT molecular complexity index is 494. The summed E-state index contributed by atoms with van der Waals surface area (Å²) < 4.78 is 0. The largest absolute Gasteiger partial charge is 0.310 e. The van der Waals surface area contributed by atoms with Crippen molar-refractivity contribution in [2.75, 3.05) is 6.54 Å². The standard InChI is InChI=1S/C17H22N2/c1-3-14-8-7-9-15(12-14)17(18-4-2)13-16-10-5-6-11-19-16/h5-12,17-18H,3-4,13H2,1-2H3. The molecule has 0 spiro atoms. The number of hydrogen-bond donors (Lipinski definition) is 1. The van der Waals surface area contributed by atoms with Crippen LogP contribution in [0.5, 0.6) is 0 Å². The summed E-state index contributed by atoms with van der Waals surface area (Å²) in [5, 5.41) is 3.56. The first-order valence-corrected chi connectivity index (χ1v) is 7.05. The molecular weight excluding hydrogens is 232 g/mol. The SMILES string of the molecule is CCNC(Cc1ccccn1)c1cccc(CC)c1. The van der Waals surface area contributed by atoms with Crippen LogP contribution in [0.15, 0.2) is 48.7 Å². The summed E-state index contributed by atoms with van der Waals surface area (Å²) in [6.45, 7) is 5.31. The quantitative estimate of drug-likeness (QED) is 0.853. The molecule has 1 aromatic heterocycles. The molecule has 1 unspecified atom stereocenters. The number of pyridine rings is 1. The third-order valence-electron chi connectivity index (χ3n) is 3.35. The van der Waals surface area contributed by atoms with E-state index in [-0.39, 0.29) is 0 Å². The number of aryl methyl sites for hydroxylation is 1. The number of rotatable bonds is 6. The van der Waals surface area contributed by atoms with Crippen molar-refractivity contribution in [3.63, 3.8) is 0 Å². The van der Waals surface area contributed by atoms with E-state index in [9.17, 15) is 0 Å². The van der Waals surface area contributed by atoms with Crippen molar-refractivity contribution < 1.29 is 0 Å². The molecule has 1 N–H and O–H groups in total. The maximum absolute atomic E-state index is 4.43. The summed E-state index contributed by atoms with van der Waals surface area (Å²) in [4.78, 5) is 4.43. The molecule has 1 heterocycles. The smallest absolute Gasteiger partial charge is 0.0422 e. The second-order valence-corrected chi connectivity index (χ2v) is 4.73. The van der Waals surface area contributed by atoms with Gasteiger partial charge in [0.15, 0.2) is 0 Å². The topological polar surface area (TPSA) is 24.9 Å². The molecule has 0 radical (unpaired) electrons. The monoisotopic (exact) mass is 254 g/mol. The Morgan fingerprint density at radius 1 is 1.11 bits per heavy atom. The second kappa shape index (κ2) is 7.05. The Hall–Kier alpha value is -1.67. The molecule has 2 nitrogen and oxygen atoms in total. The Morgan fingerprint density at radius 2 is 2.00 bits per heavy atom. The fourth-order valence-corrected chi connectivity index (χ4v) is 2.31. The summed E-state index contributed by atoms with van der Waals surface area (Å²) in [6, 6.07) is 15.3. The molecule has 2 rings (SSSR count). The van der Waals surface area contributed by atoms with Gasteiger partial charge in [-0.1, -0.05) is 44.2 Å². The summed E-state index contributed by atoms with van der Waals surface area (Å²) in [6.07, 6.45) is 3.87. The van der Waals surface area contributed by atoms with Crippen LogP contribution in [-0.2, 0) is 12.8 Å². The molecule has 2 aromatic rings. The van der Waals surface area contributed by atoms with Gasteiger partial charge >= 0.3 is 0 Å². The van der Waals surface area contributed by atoms with Crippen LogP contribution in [0, 0.1) is 0 Å². The van der Waals surface area contributed by atoms with Crippen LogP contribution < -0.4 is 5.32 Å². The summed E-state index contributed by atoms with van der Waals surface area (Å²) in [5.74, 6) is 0. The average Bonchev–Trinajstić information content (AvgIpc) is 2.48. The lowest BCUT2D eigenvalue weighted by Crippen LogP contribution is -2.23. The van der Waals surface area contributed by atoms with E-state index in [1.165, 1.54) is 11.1 Å². The Labute approximate surface area is 115 Å². The number of hydrogen-bond acceptors (Lipinski definition) is 2. The molecule has 0 saturated heterocycles. The van der Waals surface area contributed by atoms with Crippen molar-refractivity contribution in [1.29, 1.82) is 0 Å². The van der Waals surface area contributed by atoms with Crippen LogP contribution in [0.25, 0.3) is 0 Å². The fraction of sp³-hybridized carbons (Fsp3) is 0.353. The van der Waals surface area contributed by atoms with Gasteiger partial charge in [-0.05, 0) is 36.2 Å². The van der Waals surface area contributed by atoms with Gasteiger partial charge in [-0.3, -0.25) is 4.98 Å². The summed E-state index contributed by atoms with van der Waals surface area (Å²) in [5.41, 5.74) is 3.88. The van der Waals surface area contributed by atoms with Crippen LogP contribution in [0.4, 0.5) is 0 Å². The van der Waals surface area contributed by atoms with Crippen LogP contribution in [0.1, 0.15) is 36.7 Å². The van der Waals surface area contributed by atoms with Crippen LogP contribution in [0.3, 0.4) is 0 Å². The zero-order valence-electron chi connectivity index (χ0n) is 11.8. The highest BCUT2D eigenvalue weighted by molar-refractivity contribution is 5.27. The van der Waals surface area contributed by atoms with Gasteiger partial charge in [-0.25, -0.2) is 0 Å². The van der Waals surface area contributed by atoms with E-state index in [4.69, 9.17) is 0 Å². The maximum Gasteiger partial charge on any atom is 0.0422 e. The van der Waals surface area contributed by atoms with Crippen LogP contribution >= 0.6 is 0 Å². The minimum Gasteiger partial charge on any atom is -0.310 e. The van der Waals surface area contributed by atoms with Crippen molar-refractivity contribution >= 4 is 0 Å². The van der Waals surface area contributed by atoms with E-state index in [2.05, 4.69) is 54.5 Å². The van der Waals surface area contributed by atoms with Gasteiger partial charge in [-0.15, -0.1) is 0 Å². The lowest BCUT2D eigenvalue weighted by atomic mass is 9.99. The molecule has 1 atom stereocenters. The summed E-state index contributed by atoms with van der Waals surface area (Å²) in [7, 11) is 0. The molecule has 100 valence electrons. The molecule has 1 aromatic carbocycles. The molecule has 0 saturated carbocycles. The number of aromatic nitrogens is 1. The maximum atomic E-state index is 4.43. The predicted molar refractivity (Wildman–Crippen MR) is 80.2 cm³/mol. The highest BCUT2D eigenvalue weighted by Crippen LogP contribution is 2.19. The molecule has 0 aliphatic heterocycles. The molecule has 0 aliphatic carbocycles. The lowest BCUT2D eigenvalue weighted by Gasteiger charge is -2.18. The highest BCUT2D eigenvalue weighted by Gasteiger charge is 2.11. The second-order valence-electron chi connectivity index (χ2n) is 4.73. The minimum atomic E-state index is 0.339. The molecule has 0 fully saturated rings. The van der Waals surface area contributed by atoms with E-state index in [0.29, 0.717) is 6.04 Å². The van der Waals surface area contributed by atoms with Gasteiger partial charge in [-0.2, -0.15) is 0 Å². The summed E-state index contributed by atoms with van der Waals surface area (Å²) >= 11 is 0. The van der Waals surface area contributed by atoms with Gasteiger partial charge < -0.3 is 5.32 Å². The van der Waals surface area contributed by atoms with Crippen molar-refractivity contribution in [3.05, 3.63) is 65.5 Å². The van der Waals surface area contributed by atoms with Crippen molar-refractivity contribution in [2.24, 2.45) is 0 Å². The van der Waals surface area contributed by atoms with Crippen LogP contribution in [-0.4, -0.2) is 11.5 Å². The zero-order valence-corrected chi connectivity index (χ0v) is 11.8. The minimum absolute atomic E-state index is 0.339. The van der Waals surface area contributed by atoms with Gasteiger partial charge in [0.05, 0.1) is 0 Å². The fourth-order valence-electron chi connectivity index (χ4n) is 2.31. The first-order valence-electron chi connectivity index (χ1n) is 7.05. The van der Waals surface area contributed by atoms with Gasteiger partial charge in [0, 0.05) is 24.4 Å². The molecule has 0 bridgehead atoms. The molecule has 19 heavy (non-hydrogen) atoms. The van der Waals surface area contributed by atoms with Gasteiger partial charge in [0.1, 0.15) is 0 Å². The number of likely N-dealkylation sites (N-methyl/N-ethyl adjacent to an activating group) is 1. The van der Waals surface area contributed by atoms with Crippen molar-refractivity contribution in [1.82, 2.24) is 10.3 Å². The van der Waals surface area contributed by atoms with E-state index >= 15 is 0 Å². The molecule has 0 aliphatic rings. The third kappa shape index (κ3) is 3.90. The third-order valence-corrected chi connectivity index (χ3v) is 3.35. The zero-order chi connectivity index (χ0) is 13.5. The predicted octanol–water partition coefficient (Wildman–Crippen LogP) is 3.54. The van der Waals surface area contributed by atoms with E-state index in [1.54, 1.807) is 0 Å². The number of benzene rings is 1. The van der Waals surface area contributed by atoms with Gasteiger partial charge in [0.25, 0.3) is 0 Å². The van der Waals surface area contributed by atoms with E-state index in [1.807, 2.05) is 18.3 Å². The lowest BCUT2D eigenvalue weighted by molar-refractivity contribution is 0.543. The Balaban J connectivity index is 2.19. The Morgan fingerprint density at radius 3 is 2.68 bits per heavy atom. The van der Waals surface area contributed by atoms with Crippen molar-refractivity contribution in [3.8, 4) is 0 Å². The molecule has 0 amide bonds. The molecule has 2 heteroatoms.